The molecular formula is C8H8N2O4S. The maximum atomic E-state index is 11.0. The Bertz CT molecular complexity index is 509. The van der Waals surface area contributed by atoms with Crippen molar-refractivity contribution < 1.29 is 17.8 Å². The van der Waals surface area contributed by atoms with Gasteiger partial charge in [0.2, 0.25) is 0 Å². The van der Waals surface area contributed by atoms with E-state index in [4.69, 9.17) is 9.39 Å². The molecule has 0 atom stereocenters. The van der Waals surface area contributed by atoms with Crippen LogP contribution >= 0.6 is 0 Å². The van der Waals surface area contributed by atoms with E-state index in [2.05, 4.69) is 10.5 Å². The normalized spacial score (nSPS) is 15.9. The molecule has 2 rings (SSSR count). The fourth-order valence-electron chi connectivity index (χ4n) is 1.25. The second-order valence-corrected chi connectivity index (χ2v) is 4.20. The first kappa shape index (κ1) is 10.1. The van der Waals surface area contributed by atoms with E-state index in [1.165, 1.54) is 12.3 Å². The Morgan fingerprint density at radius 2 is 2.33 bits per heavy atom. The summed E-state index contributed by atoms with van der Waals surface area (Å²) >= 11 is 0. The minimum absolute atomic E-state index is 0.289. The number of nitrogens with one attached hydrogen (secondary N) is 1. The van der Waals surface area contributed by atoms with Crippen LogP contribution in [0, 0.1) is 0 Å². The lowest BCUT2D eigenvalue weighted by Gasteiger charge is -2.06. The summed E-state index contributed by atoms with van der Waals surface area (Å²) in [7, 11) is -4.32. The van der Waals surface area contributed by atoms with E-state index in [-0.39, 0.29) is 10.6 Å². The predicted molar refractivity (Wildman–Crippen MR) is 51.1 cm³/mol. The molecule has 0 unspecified atom stereocenters. The van der Waals surface area contributed by atoms with Crippen molar-refractivity contribution in [2.24, 2.45) is 0 Å². The maximum absolute atomic E-state index is 11.0. The molecule has 15 heavy (non-hydrogen) atoms. The van der Waals surface area contributed by atoms with Gasteiger partial charge in [-0.2, -0.15) is 8.42 Å². The van der Waals surface area contributed by atoms with Gasteiger partial charge >= 0.3 is 10.1 Å². The van der Waals surface area contributed by atoms with Crippen molar-refractivity contribution in [3.8, 4) is 0 Å². The molecular weight excluding hydrogens is 220 g/mol. The number of hydrogen-bond acceptors (Lipinski definition) is 5. The first-order valence-electron chi connectivity index (χ1n) is 4.10. The zero-order valence-corrected chi connectivity index (χ0v) is 8.36. The third kappa shape index (κ3) is 1.99. The monoisotopic (exact) mass is 228 g/mol. The Balaban J connectivity index is 2.56. The Morgan fingerprint density at radius 3 is 2.93 bits per heavy atom. The Labute approximate surface area is 86.3 Å². The second-order valence-electron chi connectivity index (χ2n) is 2.86. The molecule has 0 bridgehead atoms. The third-order valence-electron chi connectivity index (χ3n) is 1.86. The van der Waals surface area contributed by atoms with Crippen LogP contribution in [0.15, 0.2) is 29.4 Å². The SMILES string of the molecule is O=S(=O)(O)c1ncccc1C1=CCON1. The summed E-state index contributed by atoms with van der Waals surface area (Å²) in [5, 5.41) is -0.380. The summed E-state index contributed by atoms with van der Waals surface area (Å²) in [5.74, 6) is 0. The van der Waals surface area contributed by atoms with E-state index < -0.39 is 10.1 Å². The van der Waals surface area contributed by atoms with Gasteiger partial charge in [0.05, 0.1) is 12.3 Å². The van der Waals surface area contributed by atoms with Gasteiger partial charge in [0.1, 0.15) is 0 Å². The average molecular weight is 228 g/mol. The van der Waals surface area contributed by atoms with Crippen molar-refractivity contribution in [1.29, 1.82) is 0 Å². The van der Waals surface area contributed by atoms with E-state index in [1.54, 1.807) is 12.1 Å². The predicted octanol–water partition coefficient (Wildman–Crippen LogP) is 0.204. The fraction of sp³-hybridized carbons (Fsp3) is 0.125. The van der Waals surface area contributed by atoms with Crippen LogP contribution in [0.5, 0.6) is 0 Å². The summed E-state index contributed by atoms with van der Waals surface area (Å²) < 4.78 is 31.0. The molecule has 0 amide bonds. The van der Waals surface area contributed by atoms with Crippen LogP contribution in [0.25, 0.3) is 5.70 Å². The van der Waals surface area contributed by atoms with Crippen molar-refractivity contribution in [3.05, 3.63) is 30.0 Å². The summed E-state index contributed by atoms with van der Waals surface area (Å²) in [6, 6.07) is 3.11. The van der Waals surface area contributed by atoms with Crippen LogP contribution in [0.4, 0.5) is 0 Å². The summed E-state index contributed by atoms with van der Waals surface area (Å²) in [4.78, 5) is 8.45. The van der Waals surface area contributed by atoms with E-state index in [1.807, 2.05) is 0 Å². The zero-order chi connectivity index (χ0) is 10.9. The standard InChI is InChI=1S/C8H8N2O4S/c11-15(12,13)8-6(2-1-4-9-8)7-3-5-14-10-7/h1-4,10H,5H2,(H,11,12,13). The molecule has 7 heteroatoms. The summed E-state index contributed by atoms with van der Waals surface area (Å²) in [6.45, 7) is 0.342. The first-order valence-corrected chi connectivity index (χ1v) is 5.54. The molecule has 1 aromatic rings. The van der Waals surface area contributed by atoms with E-state index in [9.17, 15) is 8.42 Å². The molecule has 0 saturated heterocycles. The minimum atomic E-state index is -4.32. The van der Waals surface area contributed by atoms with Crippen LogP contribution in [-0.2, 0) is 15.0 Å². The second kappa shape index (κ2) is 3.61. The maximum Gasteiger partial charge on any atom is 0.312 e. The first-order chi connectivity index (χ1) is 7.09. The summed E-state index contributed by atoms with van der Waals surface area (Å²) in [5.41, 5.74) is 3.30. The Hall–Kier alpha value is -1.44. The largest absolute Gasteiger partial charge is 0.312 e. The molecule has 2 heterocycles. The van der Waals surface area contributed by atoms with Gasteiger partial charge in [-0.1, -0.05) is 0 Å². The van der Waals surface area contributed by atoms with Crippen LogP contribution in [0.3, 0.4) is 0 Å². The van der Waals surface area contributed by atoms with Gasteiger partial charge in [-0.15, -0.1) is 0 Å². The molecule has 0 fully saturated rings. The zero-order valence-electron chi connectivity index (χ0n) is 7.54. The number of hydrogen-bond donors (Lipinski definition) is 2. The highest BCUT2D eigenvalue weighted by molar-refractivity contribution is 7.85. The molecule has 0 spiro atoms. The molecule has 2 N–H and O–H groups in total. The van der Waals surface area contributed by atoms with Gasteiger partial charge in [0.15, 0.2) is 5.03 Å². The van der Waals surface area contributed by atoms with Gasteiger partial charge in [0.25, 0.3) is 0 Å². The average Bonchev–Trinajstić information content (AvgIpc) is 2.69. The molecule has 1 aromatic heterocycles. The topological polar surface area (TPSA) is 88.5 Å². The van der Waals surface area contributed by atoms with Crippen molar-refractivity contribution in [2.45, 2.75) is 5.03 Å². The number of aromatic nitrogens is 1. The molecule has 0 saturated carbocycles. The molecule has 1 aliphatic rings. The lowest BCUT2D eigenvalue weighted by Crippen LogP contribution is -2.11. The quantitative estimate of drug-likeness (QED) is 0.703. The molecule has 6 nitrogen and oxygen atoms in total. The van der Waals surface area contributed by atoms with Crippen molar-refractivity contribution in [2.75, 3.05) is 6.61 Å². The van der Waals surface area contributed by atoms with Crippen LogP contribution in [0.1, 0.15) is 5.56 Å². The number of hydroxylamine groups is 1. The van der Waals surface area contributed by atoms with Gasteiger partial charge in [-0.05, 0) is 18.2 Å². The third-order valence-corrected chi connectivity index (χ3v) is 2.67. The van der Waals surface area contributed by atoms with Crippen molar-refractivity contribution in [1.82, 2.24) is 10.5 Å². The summed E-state index contributed by atoms with van der Waals surface area (Å²) in [6.07, 6.45) is 2.95. The highest BCUT2D eigenvalue weighted by Gasteiger charge is 2.20. The minimum Gasteiger partial charge on any atom is -0.281 e. The van der Waals surface area contributed by atoms with Crippen LogP contribution < -0.4 is 5.48 Å². The van der Waals surface area contributed by atoms with Gasteiger partial charge in [-0.25, -0.2) is 4.98 Å². The molecule has 1 aliphatic heterocycles. The highest BCUT2D eigenvalue weighted by Crippen LogP contribution is 2.21. The Morgan fingerprint density at radius 1 is 1.53 bits per heavy atom. The van der Waals surface area contributed by atoms with E-state index >= 15 is 0 Å². The lowest BCUT2D eigenvalue weighted by atomic mass is 10.2. The van der Waals surface area contributed by atoms with Crippen molar-refractivity contribution in [3.63, 3.8) is 0 Å². The Kier molecular flexibility index (Phi) is 2.43. The van der Waals surface area contributed by atoms with Crippen LogP contribution in [-0.4, -0.2) is 24.6 Å². The van der Waals surface area contributed by atoms with Gasteiger partial charge in [0, 0.05) is 11.8 Å². The molecule has 0 aromatic carbocycles. The molecule has 80 valence electrons. The van der Waals surface area contributed by atoms with Gasteiger partial charge in [-0.3, -0.25) is 14.9 Å². The lowest BCUT2D eigenvalue weighted by molar-refractivity contribution is 0.121. The number of nitrogens with zero attached hydrogens (tertiary/aromatic N) is 1. The van der Waals surface area contributed by atoms with Gasteiger partial charge < -0.3 is 0 Å². The fourth-order valence-corrected chi connectivity index (χ4v) is 1.90. The molecule has 0 aliphatic carbocycles. The van der Waals surface area contributed by atoms with Crippen LogP contribution in [0.2, 0.25) is 0 Å². The number of pyridine rings is 1. The number of rotatable bonds is 2. The van der Waals surface area contributed by atoms with Crippen molar-refractivity contribution >= 4 is 15.8 Å². The highest BCUT2D eigenvalue weighted by atomic mass is 32.2. The smallest absolute Gasteiger partial charge is 0.281 e. The van der Waals surface area contributed by atoms with E-state index in [0.29, 0.717) is 12.3 Å². The molecule has 0 radical (unpaired) electrons. The van der Waals surface area contributed by atoms with E-state index in [0.717, 1.165) is 0 Å².